The van der Waals surface area contributed by atoms with Crippen LogP contribution >= 0.6 is 11.3 Å². The molecule has 0 spiro atoms. The zero-order valence-electron chi connectivity index (χ0n) is 14.0. The van der Waals surface area contributed by atoms with Crippen LogP contribution in [0.25, 0.3) is 0 Å². The van der Waals surface area contributed by atoms with Gasteiger partial charge in [0.05, 0.1) is 11.5 Å². The highest BCUT2D eigenvalue weighted by Crippen LogP contribution is 2.26. The van der Waals surface area contributed by atoms with Gasteiger partial charge in [0.25, 0.3) is 5.91 Å². The maximum absolute atomic E-state index is 12.2. The van der Waals surface area contributed by atoms with Crippen LogP contribution < -0.4 is 11.1 Å². The highest BCUT2D eigenvalue weighted by Gasteiger charge is 2.25. The van der Waals surface area contributed by atoms with Crippen molar-refractivity contribution in [3.8, 4) is 0 Å². The van der Waals surface area contributed by atoms with Gasteiger partial charge in [-0.2, -0.15) is 4.98 Å². The third kappa shape index (κ3) is 4.43. The summed E-state index contributed by atoms with van der Waals surface area (Å²) < 4.78 is 5.27. The molecule has 3 rings (SSSR count). The van der Waals surface area contributed by atoms with Crippen LogP contribution in [-0.4, -0.2) is 46.5 Å². The van der Waals surface area contributed by atoms with E-state index in [1.807, 2.05) is 6.92 Å². The van der Waals surface area contributed by atoms with Gasteiger partial charge in [0.2, 0.25) is 11.8 Å². The number of aryl methyl sites for hydroxylation is 1. The monoisotopic (exact) mass is 363 g/mol. The lowest BCUT2D eigenvalue weighted by atomic mass is 9.98. The van der Waals surface area contributed by atoms with Gasteiger partial charge in [-0.1, -0.05) is 5.16 Å². The molecule has 3 N–H and O–H groups in total. The first kappa shape index (κ1) is 17.6. The molecular formula is C16H21N5O3S. The van der Waals surface area contributed by atoms with E-state index in [-0.39, 0.29) is 11.8 Å². The van der Waals surface area contributed by atoms with E-state index in [0.29, 0.717) is 35.2 Å². The standard InChI is InChI=1S/C16H21N5O3S/c1-10-18-15(24-20-10)11-3-2-6-21(9-11)7-4-13(22)19-16-12(14(17)23)5-8-25-16/h5,8,11H,2-4,6-7,9H2,1H3,(H2,17,23)(H,19,22). The number of thiophene rings is 1. The molecule has 0 aromatic carbocycles. The molecule has 1 unspecified atom stereocenters. The molecule has 3 heterocycles. The smallest absolute Gasteiger partial charge is 0.251 e. The number of nitrogens with zero attached hydrogens (tertiary/aromatic N) is 3. The van der Waals surface area contributed by atoms with Crippen molar-refractivity contribution in [3.63, 3.8) is 0 Å². The average molecular weight is 363 g/mol. The molecule has 0 radical (unpaired) electrons. The van der Waals surface area contributed by atoms with E-state index >= 15 is 0 Å². The van der Waals surface area contributed by atoms with E-state index < -0.39 is 5.91 Å². The first-order valence-electron chi connectivity index (χ1n) is 8.22. The van der Waals surface area contributed by atoms with E-state index in [0.717, 1.165) is 25.9 Å². The predicted molar refractivity (Wildman–Crippen MR) is 93.5 cm³/mol. The number of hydrogen-bond acceptors (Lipinski definition) is 7. The Morgan fingerprint density at radius 3 is 3.08 bits per heavy atom. The van der Waals surface area contributed by atoms with Crippen LogP contribution in [0.4, 0.5) is 5.00 Å². The third-order valence-electron chi connectivity index (χ3n) is 4.24. The zero-order chi connectivity index (χ0) is 17.8. The van der Waals surface area contributed by atoms with Crippen molar-refractivity contribution >= 4 is 28.2 Å². The quantitative estimate of drug-likeness (QED) is 0.808. The van der Waals surface area contributed by atoms with E-state index in [1.54, 1.807) is 11.4 Å². The molecule has 0 aliphatic carbocycles. The molecule has 1 aliphatic heterocycles. The fourth-order valence-corrected chi connectivity index (χ4v) is 3.80. The van der Waals surface area contributed by atoms with E-state index in [1.165, 1.54) is 11.3 Å². The summed E-state index contributed by atoms with van der Waals surface area (Å²) in [5.74, 6) is 0.881. The van der Waals surface area contributed by atoms with E-state index in [4.69, 9.17) is 10.3 Å². The zero-order valence-corrected chi connectivity index (χ0v) is 14.8. The first-order valence-corrected chi connectivity index (χ1v) is 9.10. The molecule has 9 heteroatoms. The highest BCUT2D eigenvalue weighted by atomic mass is 32.1. The number of anilines is 1. The van der Waals surface area contributed by atoms with Gasteiger partial charge in [0, 0.05) is 19.5 Å². The molecular weight excluding hydrogens is 342 g/mol. The molecule has 1 atom stereocenters. The lowest BCUT2D eigenvalue weighted by Crippen LogP contribution is -2.36. The topological polar surface area (TPSA) is 114 Å². The number of piperidine rings is 1. The van der Waals surface area contributed by atoms with Crippen molar-refractivity contribution in [1.82, 2.24) is 15.0 Å². The van der Waals surface area contributed by atoms with Crippen LogP contribution in [0.1, 0.15) is 47.3 Å². The number of likely N-dealkylation sites (tertiary alicyclic amines) is 1. The molecule has 2 aromatic rings. The minimum atomic E-state index is -0.537. The summed E-state index contributed by atoms with van der Waals surface area (Å²) >= 11 is 1.29. The Morgan fingerprint density at radius 2 is 2.36 bits per heavy atom. The molecule has 1 aliphatic rings. The Bertz CT molecular complexity index is 757. The van der Waals surface area contributed by atoms with Crippen molar-refractivity contribution in [2.75, 3.05) is 25.0 Å². The lowest BCUT2D eigenvalue weighted by molar-refractivity contribution is -0.116. The van der Waals surface area contributed by atoms with Gasteiger partial charge in [-0.15, -0.1) is 11.3 Å². The maximum Gasteiger partial charge on any atom is 0.251 e. The number of amides is 2. The summed E-state index contributed by atoms with van der Waals surface area (Å²) in [5, 5.41) is 8.86. The highest BCUT2D eigenvalue weighted by molar-refractivity contribution is 7.14. The molecule has 25 heavy (non-hydrogen) atoms. The minimum absolute atomic E-state index is 0.124. The Hall–Kier alpha value is -2.26. The Labute approximate surface area is 149 Å². The molecule has 8 nitrogen and oxygen atoms in total. The average Bonchev–Trinajstić information content (AvgIpc) is 3.22. The molecule has 134 valence electrons. The summed E-state index contributed by atoms with van der Waals surface area (Å²) in [7, 11) is 0. The minimum Gasteiger partial charge on any atom is -0.366 e. The van der Waals surface area contributed by atoms with Crippen molar-refractivity contribution in [2.45, 2.75) is 32.1 Å². The first-order chi connectivity index (χ1) is 12.0. The second-order valence-electron chi connectivity index (χ2n) is 6.15. The van der Waals surface area contributed by atoms with Gasteiger partial charge >= 0.3 is 0 Å². The van der Waals surface area contributed by atoms with Gasteiger partial charge < -0.3 is 20.5 Å². The third-order valence-corrected chi connectivity index (χ3v) is 5.07. The van der Waals surface area contributed by atoms with Gasteiger partial charge in [0.1, 0.15) is 5.00 Å². The van der Waals surface area contributed by atoms with Gasteiger partial charge in [-0.05, 0) is 37.8 Å². The van der Waals surface area contributed by atoms with Crippen LogP contribution in [0.5, 0.6) is 0 Å². The maximum atomic E-state index is 12.2. The predicted octanol–water partition coefficient (Wildman–Crippen LogP) is 1.75. The van der Waals surface area contributed by atoms with Crippen LogP contribution in [0.3, 0.4) is 0 Å². The lowest BCUT2D eigenvalue weighted by Gasteiger charge is -2.30. The number of nitrogens with two attached hydrogens (primary N) is 1. The Morgan fingerprint density at radius 1 is 1.52 bits per heavy atom. The Balaban J connectivity index is 1.50. The number of carbonyl (C=O) groups is 2. The van der Waals surface area contributed by atoms with Crippen LogP contribution in [0.15, 0.2) is 16.0 Å². The summed E-state index contributed by atoms with van der Waals surface area (Å²) in [5.41, 5.74) is 5.64. The van der Waals surface area contributed by atoms with Gasteiger partial charge in [-0.25, -0.2) is 0 Å². The second-order valence-corrected chi connectivity index (χ2v) is 7.06. The van der Waals surface area contributed by atoms with E-state index in [9.17, 15) is 9.59 Å². The van der Waals surface area contributed by atoms with Crippen LogP contribution in [0, 0.1) is 6.92 Å². The Kier molecular flexibility index (Phi) is 5.44. The molecule has 1 saturated heterocycles. The second kappa shape index (κ2) is 7.75. The van der Waals surface area contributed by atoms with Crippen molar-refractivity contribution in [1.29, 1.82) is 0 Å². The number of nitrogens with one attached hydrogen (secondary N) is 1. The summed E-state index contributed by atoms with van der Waals surface area (Å²) in [6.45, 7) is 4.21. The fraction of sp³-hybridized carbons (Fsp3) is 0.500. The van der Waals surface area contributed by atoms with Crippen molar-refractivity contribution in [2.24, 2.45) is 5.73 Å². The van der Waals surface area contributed by atoms with Crippen LogP contribution in [0.2, 0.25) is 0 Å². The van der Waals surface area contributed by atoms with Gasteiger partial charge in [-0.3, -0.25) is 9.59 Å². The number of rotatable bonds is 6. The molecule has 0 bridgehead atoms. The summed E-state index contributed by atoms with van der Waals surface area (Å²) in [6, 6.07) is 1.62. The summed E-state index contributed by atoms with van der Waals surface area (Å²) in [6.07, 6.45) is 2.40. The fourth-order valence-electron chi connectivity index (χ4n) is 2.99. The number of aromatic nitrogens is 2. The largest absolute Gasteiger partial charge is 0.366 e. The number of carbonyl (C=O) groups excluding carboxylic acids is 2. The van der Waals surface area contributed by atoms with Crippen LogP contribution in [-0.2, 0) is 4.79 Å². The number of hydrogen-bond donors (Lipinski definition) is 2. The molecule has 0 saturated carbocycles. The molecule has 2 amide bonds. The molecule has 1 fully saturated rings. The SMILES string of the molecule is Cc1noc(C2CCCN(CCC(=O)Nc3sccc3C(N)=O)C2)n1. The summed E-state index contributed by atoms with van der Waals surface area (Å²) in [4.78, 5) is 30.0. The normalized spacial score (nSPS) is 18.2. The van der Waals surface area contributed by atoms with E-state index in [2.05, 4.69) is 20.4 Å². The van der Waals surface area contributed by atoms with Gasteiger partial charge in [0.15, 0.2) is 5.82 Å². The van der Waals surface area contributed by atoms with Crippen molar-refractivity contribution < 1.29 is 14.1 Å². The number of primary amides is 1. The van der Waals surface area contributed by atoms with Crippen molar-refractivity contribution in [3.05, 3.63) is 28.7 Å². The molecule has 2 aromatic heterocycles.